The lowest BCUT2D eigenvalue weighted by molar-refractivity contribution is -0.114. The molecular weight excluding hydrogens is 363 g/mol. The normalized spacial score (nSPS) is 10.7. The molecule has 0 spiro atoms. The number of halogens is 1. The van der Waals surface area contributed by atoms with Crippen LogP contribution >= 0.6 is 11.8 Å². The number of nitrogens with one attached hydrogen (secondary N) is 2. The summed E-state index contributed by atoms with van der Waals surface area (Å²) in [6, 6.07) is 3.87. The van der Waals surface area contributed by atoms with Crippen molar-refractivity contribution < 1.29 is 18.7 Å². The molecule has 1 aromatic carbocycles. The first-order valence-electron chi connectivity index (χ1n) is 7.79. The summed E-state index contributed by atoms with van der Waals surface area (Å²) in [4.78, 5) is 35.0. The molecule has 0 saturated carbocycles. The second kappa shape index (κ2) is 9.30. The molecule has 8 nitrogen and oxygen atoms in total. The van der Waals surface area contributed by atoms with Crippen LogP contribution in [0.15, 0.2) is 28.2 Å². The van der Waals surface area contributed by atoms with Gasteiger partial charge < -0.3 is 10.1 Å². The number of carbonyl (C=O) groups excluding carboxylic acids is 2. The van der Waals surface area contributed by atoms with Gasteiger partial charge in [-0.05, 0) is 24.6 Å². The highest BCUT2D eigenvalue weighted by atomic mass is 32.2. The number of carbonyl (C=O) groups is 2. The molecule has 26 heavy (non-hydrogen) atoms. The van der Waals surface area contributed by atoms with Crippen LogP contribution in [0.3, 0.4) is 0 Å². The number of aromatic nitrogens is 3. The molecule has 1 heterocycles. The third-order valence-electron chi connectivity index (χ3n) is 3.38. The van der Waals surface area contributed by atoms with Crippen molar-refractivity contribution >= 4 is 29.1 Å². The molecule has 1 amide bonds. The predicted octanol–water partition coefficient (Wildman–Crippen LogP) is 1.68. The lowest BCUT2D eigenvalue weighted by atomic mass is 10.1. The molecule has 2 aromatic rings. The van der Waals surface area contributed by atoms with Crippen LogP contribution in [0.4, 0.5) is 10.1 Å². The molecule has 0 aliphatic heterocycles. The minimum atomic E-state index is -0.721. The average molecular weight is 382 g/mol. The zero-order chi connectivity index (χ0) is 19.1. The van der Waals surface area contributed by atoms with E-state index < -0.39 is 11.6 Å². The maximum Gasteiger partial charge on any atom is 0.343 e. The molecule has 2 N–H and O–H groups in total. The molecule has 0 aliphatic rings. The summed E-state index contributed by atoms with van der Waals surface area (Å²) in [5.41, 5.74) is -0.184. The van der Waals surface area contributed by atoms with Gasteiger partial charge in [0.2, 0.25) is 5.91 Å². The van der Waals surface area contributed by atoms with Gasteiger partial charge in [0.05, 0.1) is 11.3 Å². The maximum atomic E-state index is 14.1. The summed E-state index contributed by atoms with van der Waals surface area (Å²) in [6.45, 7) is 2.20. The summed E-state index contributed by atoms with van der Waals surface area (Å²) >= 11 is 1.05. The smallest absolute Gasteiger partial charge is 0.343 e. The van der Waals surface area contributed by atoms with Gasteiger partial charge in [-0.2, -0.15) is 0 Å². The highest BCUT2D eigenvalue weighted by molar-refractivity contribution is 7.99. The molecule has 2 rings (SSSR count). The number of hydrogen-bond acceptors (Lipinski definition) is 6. The van der Waals surface area contributed by atoms with Gasteiger partial charge in [0.1, 0.15) is 5.82 Å². The van der Waals surface area contributed by atoms with Crippen molar-refractivity contribution in [3.05, 3.63) is 40.1 Å². The molecular formula is C16H19FN4O4S. The van der Waals surface area contributed by atoms with Crippen molar-refractivity contribution in [2.24, 2.45) is 0 Å². The Bertz CT molecular complexity index is 849. The first-order valence-corrected chi connectivity index (χ1v) is 8.78. The Morgan fingerprint density at radius 1 is 1.42 bits per heavy atom. The number of Topliss-reactive ketones (excluding diaryl/α,β-unsaturated/α-hetero) is 1. The maximum absolute atomic E-state index is 14.1. The third kappa shape index (κ3) is 5.27. The number of benzene rings is 1. The van der Waals surface area contributed by atoms with E-state index in [2.05, 4.69) is 15.5 Å². The number of thioether (sulfide) groups is 1. The average Bonchev–Trinajstić information content (AvgIpc) is 2.93. The molecule has 140 valence electrons. The SMILES string of the molecule is COCCCn1c(SCC(=O)c2ccc(NC(C)=O)cc2F)n[nH]c1=O. The van der Waals surface area contributed by atoms with Gasteiger partial charge >= 0.3 is 5.69 Å². The molecule has 10 heteroatoms. The van der Waals surface area contributed by atoms with Crippen LogP contribution in [-0.4, -0.2) is 45.9 Å². The van der Waals surface area contributed by atoms with E-state index in [4.69, 9.17) is 4.74 Å². The largest absolute Gasteiger partial charge is 0.385 e. The van der Waals surface area contributed by atoms with Gasteiger partial charge in [-0.1, -0.05) is 11.8 Å². The van der Waals surface area contributed by atoms with Crippen LogP contribution in [0.1, 0.15) is 23.7 Å². The highest BCUT2D eigenvalue weighted by Gasteiger charge is 2.16. The van der Waals surface area contributed by atoms with Crippen LogP contribution in [0, 0.1) is 5.82 Å². The Kier molecular flexibility index (Phi) is 7.10. The Labute approximate surface area is 153 Å². The number of anilines is 1. The number of ketones is 1. The summed E-state index contributed by atoms with van der Waals surface area (Å²) in [5, 5.41) is 9.02. The van der Waals surface area contributed by atoms with E-state index in [0.717, 1.165) is 17.8 Å². The van der Waals surface area contributed by atoms with Gasteiger partial charge in [0, 0.05) is 32.9 Å². The first kappa shape index (κ1) is 19.9. The zero-order valence-corrected chi connectivity index (χ0v) is 15.2. The monoisotopic (exact) mass is 382 g/mol. The van der Waals surface area contributed by atoms with E-state index in [-0.39, 0.29) is 28.6 Å². The number of rotatable bonds is 9. The molecule has 0 aliphatic carbocycles. The zero-order valence-electron chi connectivity index (χ0n) is 14.4. The fourth-order valence-corrected chi connectivity index (χ4v) is 3.06. The molecule has 0 atom stereocenters. The third-order valence-corrected chi connectivity index (χ3v) is 4.35. The second-order valence-electron chi connectivity index (χ2n) is 5.40. The van der Waals surface area contributed by atoms with Crippen molar-refractivity contribution in [2.45, 2.75) is 25.0 Å². The van der Waals surface area contributed by atoms with E-state index in [1.807, 2.05) is 0 Å². The summed E-state index contributed by atoms with van der Waals surface area (Å²) < 4.78 is 20.5. The number of H-pyrrole nitrogens is 1. The lowest BCUT2D eigenvalue weighted by Crippen LogP contribution is -2.19. The number of amides is 1. The van der Waals surface area contributed by atoms with Crippen LogP contribution < -0.4 is 11.0 Å². The number of nitrogens with zero attached hydrogens (tertiary/aromatic N) is 2. The van der Waals surface area contributed by atoms with Crippen molar-refractivity contribution in [3.63, 3.8) is 0 Å². The molecule has 0 fully saturated rings. The summed E-state index contributed by atoms with van der Waals surface area (Å²) in [7, 11) is 1.57. The Morgan fingerprint density at radius 2 is 2.19 bits per heavy atom. The van der Waals surface area contributed by atoms with Crippen molar-refractivity contribution in [3.8, 4) is 0 Å². The molecule has 0 bridgehead atoms. The van der Waals surface area contributed by atoms with E-state index >= 15 is 0 Å². The number of methoxy groups -OCH3 is 1. The van der Waals surface area contributed by atoms with E-state index in [1.54, 1.807) is 7.11 Å². The van der Waals surface area contributed by atoms with Gasteiger partial charge in [0.25, 0.3) is 0 Å². The minimum Gasteiger partial charge on any atom is -0.385 e. The van der Waals surface area contributed by atoms with Gasteiger partial charge in [-0.15, -0.1) is 5.10 Å². The topological polar surface area (TPSA) is 106 Å². The predicted molar refractivity (Wildman–Crippen MR) is 95.1 cm³/mol. The standard InChI is InChI=1S/C16H19FN4O4S/c1-10(22)18-11-4-5-12(13(17)8-11)14(23)9-26-16-20-19-15(24)21(16)6-3-7-25-2/h4-5,8H,3,6-7,9H2,1-2H3,(H,18,22)(H,19,24). The van der Waals surface area contributed by atoms with Crippen LogP contribution in [0.2, 0.25) is 0 Å². The quantitative estimate of drug-likeness (QED) is 0.388. The van der Waals surface area contributed by atoms with Crippen LogP contribution in [0.25, 0.3) is 0 Å². The van der Waals surface area contributed by atoms with E-state index in [1.165, 1.54) is 23.6 Å². The van der Waals surface area contributed by atoms with E-state index in [0.29, 0.717) is 24.7 Å². The van der Waals surface area contributed by atoms with Gasteiger partial charge in [-0.25, -0.2) is 14.3 Å². The molecule has 0 unspecified atom stereocenters. The Balaban J connectivity index is 2.03. The van der Waals surface area contributed by atoms with Gasteiger partial charge in [-0.3, -0.25) is 14.2 Å². The van der Waals surface area contributed by atoms with Gasteiger partial charge in [0.15, 0.2) is 10.9 Å². The van der Waals surface area contributed by atoms with Crippen molar-refractivity contribution in [1.82, 2.24) is 14.8 Å². The number of hydrogen-bond donors (Lipinski definition) is 2. The first-order chi connectivity index (χ1) is 12.4. The molecule has 1 aromatic heterocycles. The fraction of sp³-hybridized carbons (Fsp3) is 0.375. The number of ether oxygens (including phenoxy) is 1. The molecule has 0 radical (unpaired) electrons. The highest BCUT2D eigenvalue weighted by Crippen LogP contribution is 2.19. The van der Waals surface area contributed by atoms with Crippen LogP contribution in [0.5, 0.6) is 0 Å². The number of aromatic amines is 1. The Morgan fingerprint density at radius 3 is 2.85 bits per heavy atom. The van der Waals surface area contributed by atoms with Crippen LogP contribution in [-0.2, 0) is 16.1 Å². The second-order valence-corrected chi connectivity index (χ2v) is 6.34. The van der Waals surface area contributed by atoms with Crippen molar-refractivity contribution in [1.29, 1.82) is 0 Å². The van der Waals surface area contributed by atoms with Crippen molar-refractivity contribution in [2.75, 3.05) is 24.8 Å². The summed E-state index contributed by atoms with van der Waals surface area (Å²) in [6.07, 6.45) is 0.622. The minimum absolute atomic E-state index is 0.0784. The fourth-order valence-electron chi connectivity index (χ4n) is 2.21. The summed E-state index contributed by atoms with van der Waals surface area (Å²) in [5.74, 6) is -1.57. The van der Waals surface area contributed by atoms with E-state index in [9.17, 15) is 18.8 Å². The molecule has 0 saturated heterocycles. The lowest BCUT2D eigenvalue weighted by Gasteiger charge is -2.07. The Hall–Kier alpha value is -2.46.